The zero-order valence-corrected chi connectivity index (χ0v) is 7.60. The van der Waals surface area contributed by atoms with Crippen LogP contribution < -0.4 is 5.73 Å². The van der Waals surface area contributed by atoms with Crippen molar-refractivity contribution in [3.63, 3.8) is 0 Å². The third kappa shape index (κ3) is 2.06. The number of hydrogen-bond acceptors (Lipinski definition) is 3. The highest BCUT2D eigenvalue weighted by Crippen LogP contribution is 2.25. The van der Waals surface area contributed by atoms with Gasteiger partial charge in [0, 0.05) is 4.88 Å². The Morgan fingerprint density at radius 1 is 1.83 bits per heavy atom. The van der Waals surface area contributed by atoms with Gasteiger partial charge in [-0.05, 0) is 18.4 Å². The first-order chi connectivity index (χ1) is 5.52. The van der Waals surface area contributed by atoms with Gasteiger partial charge in [0.25, 0.3) is 0 Å². The monoisotopic (exact) mass is 185 g/mol. The van der Waals surface area contributed by atoms with Gasteiger partial charge < -0.3 is 10.8 Å². The fourth-order valence-electron chi connectivity index (χ4n) is 1.00. The molecule has 0 aliphatic carbocycles. The molecule has 3 N–H and O–H groups in total. The van der Waals surface area contributed by atoms with Crippen molar-refractivity contribution in [1.29, 1.82) is 0 Å². The van der Waals surface area contributed by atoms with Crippen molar-refractivity contribution < 1.29 is 9.90 Å². The molecule has 0 bridgehead atoms. The van der Waals surface area contributed by atoms with Crippen molar-refractivity contribution in [1.82, 2.24) is 0 Å². The molecule has 0 radical (unpaired) electrons. The SMILES string of the molecule is CC(N)(CC(=O)O)c1cccs1. The highest BCUT2D eigenvalue weighted by Gasteiger charge is 2.25. The minimum absolute atomic E-state index is 0.0342. The van der Waals surface area contributed by atoms with Crippen molar-refractivity contribution in [2.75, 3.05) is 0 Å². The van der Waals surface area contributed by atoms with E-state index >= 15 is 0 Å². The minimum Gasteiger partial charge on any atom is -0.481 e. The summed E-state index contributed by atoms with van der Waals surface area (Å²) < 4.78 is 0. The summed E-state index contributed by atoms with van der Waals surface area (Å²) in [6.45, 7) is 1.73. The third-order valence-corrected chi connectivity index (χ3v) is 2.75. The smallest absolute Gasteiger partial charge is 0.305 e. The fraction of sp³-hybridized carbons (Fsp3) is 0.375. The molecule has 0 saturated carbocycles. The van der Waals surface area contributed by atoms with Crippen molar-refractivity contribution >= 4 is 17.3 Å². The molecule has 0 aliphatic heterocycles. The predicted octanol–water partition coefficient (Wildman–Crippen LogP) is 1.40. The Labute approximate surface area is 74.8 Å². The van der Waals surface area contributed by atoms with Crippen LogP contribution in [0.5, 0.6) is 0 Å². The van der Waals surface area contributed by atoms with Gasteiger partial charge in [0.05, 0.1) is 12.0 Å². The van der Waals surface area contributed by atoms with Crippen LogP contribution in [-0.2, 0) is 10.3 Å². The van der Waals surface area contributed by atoms with Gasteiger partial charge in [-0.15, -0.1) is 11.3 Å². The number of carbonyl (C=O) groups is 1. The number of rotatable bonds is 3. The Morgan fingerprint density at radius 3 is 2.92 bits per heavy atom. The molecule has 0 amide bonds. The lowest BCUT2D eigenvalue weighted by Gasteiger charge is -2.20. The normalized spacial score (nSPS) is 15.5. The molecule has 0 aliphatic rings. The van der Waals surface area contributed by atoms with Gasteiger partial charge in [-0.3, -0.25) is 4.79 Å². The first kappa shape index (κ1) is 9.22. The molecule has 66 valence electrons. The molecule has 1 unspecified atom stereocenters. The molecule has 1 heterocycles. The number of thiophene rings is 1. The number of nitrogens with two attached hydrogens (primary N) is 1. The van der Waals surface area contributed by atoms with Gasteiger partial charge in [-0.2, -0.15) is 0 Å². The van der Waals surface area contributed by atoms with Gasteiger partial charge in [0.15, 0.2) is 0 Å². The molecule has 1 aromatic heterocycles. The maximum Gasteiger partial charge on any atom is 0.305 e. The second-order valence-corrected chi connectivity index (χ2v) is 3.91. The number of aliphatic carboxylic acids is 1. The standard InChI is InChI=1S/C8H11NO2S/c1-8(9,5-7(10)11)6-3-2-4-12-6/h2-4H,5,9H2,1H3,(H,10,11). The molecule has 1 aromatic rings. The lowest BCUT2D eigenvalue weighted by molar-refractivity contribution is -0.138. The highest BCUT2D eigenvalue weighted by atomic mass is 32.1. The Morgan fingerprint density at radius 2 is 2.50 bits per heavy atom. The zero-order chi connectivity index (χ0) is 9.19. The summed E-state index contributed by atoms with van der Waals surface area (Å²) in [5.41, 5.74) is 5.08. The maximum atomic E-state index is 10.4. The Balaban J connectivity index is 2.79. The van der Waals surface area contributed by atoms with Crippen LogP contribution >= 0.6 is 11.3 Å². The average molecular weight is 185 g/mol. The van der Waals surface area contributed by atoms with Gasteiger partial charge in [0.2, 0.25) is 0 Å². The summed E-state index contributed by atoms with van der Waals surface area (Å²) in [5, 5.41) is 10.5. The molecule has 1 atom stereocenters. The summed E-state index contributed by atoms with van der Waals surface area (Å²) >= 11 is 1.48. The van der Waals surface area contributed by atoms with E-state index in [4.69, 9.17) is 10.8 Å². The van der Waals surface area contributed by atoms with E-state index in [0.29, 0.717) is 0 Å². The lowest BCUT2D eigenvalue weighted by atomic mass is 9.97. The van der Waals surface area contributed by atoms with E-state index in [9.17, 15) is 4.79 Å². The highest BCUT2D eigenvalue weighted by molar-refractivity contribution is 7.10. The van der Waals surface area contributed by atoms with Gasteiger partial charge in [-0.1, -0.05) is 6.07 Å². The molecule has 0 saturated heterocycles. The zero-order valence-electron chi connectivity index (χ0n) is 6.78. The van der Waals surface area contributed by atoms with E-state index in [1.165, 1.54) is 11.3 Å². The second kappa shape index (κ2) is 3.25. The van der Waals surface area contributed by atoms with Crippen LogP contribution in [0.2, 0.25) is 0 Å². The van der Waals surface area contributed by atoms with E-state index in [-0.39, 0.29) is 6.42 Å². The van der Waals surface area contributed by atoms with Crippen LogP contribution in [0, 0.1) is 0 Å². The van der Waals surface area contributed by atoms with E-state index in [1.54, 1.807) is 6.92 Å². The van der Waals surface area contributed by atoms with Crippen LogP contribution in [0.15, 0.2) is 17.5 Å². The van der Waals surface area contributed by atoms with Crippen LogP contribution in [0.1, 0.15) is 18.2 Å². The van der Waals surface area contributed by atoms with E-state index in [0.717, 1.165) is 4.88 Å². The van der Waals surface area contributed by atoms with Crippen LogP contribution in [0.3, 0.4) is 0 Å². The van der Waals surface area contributed by atoms with Crippen molar-refractivity contribution in [3.8, 4) is 0 Å². The molecule has 1 rings (SSSR count). The average Bonchev–Trinajstić information content (AvgIpc) is 2.32. The lowest BCUT2D eigenvalue weighted by Crippen LogP contribution is -2.34. The van der Waals surface area contributed by atoms with Crippen LogP contribution in [-0.4, -0.2) is 11.1 Å². The number of carboxylic acid groups (broad SMARTS) is 1. The Kier molecular flexibility index (Phi) is 2.49. The van der Waals surface area contributed by atoms with Crippen LogP contribution in [0.25, 0.3) is 0 Å². The number of hydrogen-bond donors (Lipinski definition) is 2. The molecular weight excluding hydrogens is 174 g/mol. The van der Waals surface area contributed by atoms with Crippen molar-refractivity contribution in [2.45, 2.75) is 18.9 Å². The second-order valence-electron chi connectivity index (χ2n) is 2.97. The number of carboxylic acids is 1. The van der Waals surface area contributed by atoms with Gasteiger partial charge >= 0.3 is 5.97 Å². The fourth-order valence-corrected chi connectivity index (χ4v) is 1.81. The predicted molar refractivity (Wildman–Crippen MR) is 48.1 cm³/mol. The topological polar surface area (TPSA) is 63.3 Å². The third-order valence-electron chi connectivity index (χ3n) is 1.60. The van der Waals surface area contributed by atoms with Crippen molar-refractivity contribution in [2.24, 2.45) is 5.73 Å². The van der Waals surface area contributed by atoms with Gasteiger partial charge in [-0.25, -0.2) is 0 Å². The summed E-state index contributed by atoms with van der Waals surface area (Å²) in [4.78, 5) is 11.3. The van der Waals surface area contributed by atoms with E-state index in [1.807, 2.05) is 17.5 Å². The van der Waals surface area contributed by atoms with Crippen molar-refractivity contribution in [3.05, 3.63) is 22.4 Å². The Bertz CT molecular complexity index is 267. The molecule has 12 heavy (non-hydrogen) atoms. The molecule has 0 fully saturated rings. The molecule has 4 heteroatoms. The summed E-state index contributed by atoms with van der Waals surface area (Å²) in [6.07, 6.45) is -0.0342. The Hall–Kier alpha value is -0.870. The molecule has 0 spiro atoms. The molecule has 0 aromatic carbocycles. The summed E-state index contributed by atoms with van der Waals surface area (Å²) in [7, 11) is 0. The van der Waals surface area contributed by atoms with Crippen LogP contribution in [0.4, 0.5) is 0 Å². The van der Waals surface area contributed by atoms with Gasteiger partial charge in [0.1, 0.15) is 0 Å². The largest absolute Gasteiger partial charge is 0.481 e. The first-order valence-corrected chi connectivity index (χ1v) is 4.45. The summed E-state index contributed by atoms with van der Waals surface area (Å²) in [6, 6.07) is 3.72. The molecular formula is C8H11NO2S. The minimum atomic E-state index is -0.867. The van der Waals surface area contributed by atoms with E-state index in [2.05, 4.69) is 0 Å². The van der Waals surface area contributed by atoms with E-state index < -0.39 is 11.5 Å². The molecule has 3 nitrogen and oxygen atoms in total. The summed E-state index contributed by atoms with van der Waals surface area (Å²) in [5.74, 6) is -0.867. The quantitative estimate of drug-likeness (QED) is 0.748. The first-order valence-electron chi connectivity index (χ1n) is 3.57. The maximum absolute atomic E-state index is 10.4.